The fourth-order valence-corrected chi connectivity index (χ4v) is 4.03. The number of nitrogens with two attached hydrogens (primary N) is 1. The zero-order valence-electron chi connectivity index (χ0n) is 19.5. The Balaban J connectivity index is 0.00000342. The highest BCUT2D eigenvalue weighted by Crippen LogP contribution is 2.28. The molecule has 0 fully saturated rings. The lowest BCUT2D eigenvalue weighted by molar-refractivity contribution is -0.140. The van der Waals surface area contributed by atoms with Gasteiger partial charge in [-0.1, -0.05) is 42.5 Å². The molecule has 0 amide bonds. The number of esters is 1. The number of hydrogen-bond donors (Lipinski definition) is 2. The topological polar surface area (TPSA) is 103 Å². The van der Waals surface area contributed by atoms with Crippen molar-refractivity contribution < 1.29 is 9.53 Å². The van der Waals surface area contributed by atoms with Crippen LogP contribution in [0.15, 0.2) is 83.7 Å². The summed E-state index contributed by atoms with van der Waals surface area (Å²) in [6, 6.07) is 24.4. The maximum Gasteiger partial charge on any atom is 0.338 e. The lowest BCUT2D eigenvalue weighted by atomic mass is 10.0. The van der Waals surface area contributed by atoms with Crippen LogP contribution in [0, 0.1) is 12.3 Å². The summed E-state index contributed by atoms with van der Waals surface area (Å²) in [4.78, 5) is 25.2. The second-order valence-corrected chi connectivity index (χ2v) is 7.96. The first-order valence-corrected chi connectivity index (χ1v) is 10.9. The molecule has 0 spiro atoms. The van der Waals surface area contributed by atoms with Crippen LogP contribution in [0.1, 0.15) is 23.2 Å². The minimum atomic E-state index is -0.245. The third-order valence-electron chi connectivity index (χ3n) is 5.81. The first-order valence-electron chi connectivity index (χ1n) is 10.9. The number of benzene rings is 3. The molecule has 35 heavy (non-hydrogen) atoms. The van der Waals surface area contributed by atoms with E-state index in [4.69, 9.17) is 15.9 Å². The molecular formula is C27H27ClN4O3. The molecule has 0 atom stereocenters. The van der Waals surface area contributed by atoms with E-state index in [-0.39, 0.29) is 29.9 Å². The van der Waals surface area contributed by atoms with Gasteiger partial charge in [-0.05, 0) is 55.3 Å². The summed E-state index contributed by atoms with van der Waals surface area (Å²) in [6.45, 7) is 1.92. The number of hydrogen-bond acceptors (Lipinski definition) is 4. The van der Waals surface area contributed by atoms with Crippen LogP contribution >= 0.6 is 12.4 Å². The smallest absolute Gasteiger partial charge is 0.338 e. The van der Waals surface area contributed by atoms with Gasteiger partial charge in [-0.25, -0.2) is 4.79 Å². The zero-order chi connectivity index (χ0) is 24.2. The van der Waals surface area contributed by atoms with Crippen molar-refractivity contribution in [1.82, 2.24) is 9.13 Å². The molecule has 0 aliphatic rings. The van der Waals surface area contributed by atoms with Crippen molar-refractivity contribution >= 4 is 24.2 Å². The Morgan fingerprint density at radius 3 is 2.09 bits per heavy atom. The van der Waals surface area contributed by atoms with Crippen LogP contribution in [0.4, 0.5) is 0 Å². The van der Waals surface area contributed by atoms with E-state index in [1.165, 1.54) is 7.11 Å². The average molecular weight is 491 g/mol. The third kappa shape index (κ3) is 5.20. The number of amidine groups is 1. The minimum Gasteiger partial charge on any atom is -0.469 e. The number of para-hydroxylation sites is 1. The largest absolute Gasteiger partial charge is 0.469 e. The number of halogens is 1. The monoisotopic (exact) mass is 490 g/mol. The summed E-state index contributed by atoms with van der Waals surface area (Å²) in [7, 11) is 1.38. The number of nitrogens with zero attached hydrogens (tertiary/aromatic N) is 2. The van der Waals surface area contributed by atoms with Crippen LogP contribution in [0.2, 0.25) is 0 Å². The van der Waals surface area contributed by atoms with Crippen LogP contribution in [-0.4, -0.2) is 28.0 Å². The SMILES string of the molecule is COC(=O)CCc1ccc(-c2c(C)n(-c3ccc(C(=N)N)cc3)c(=O)n2-c2ccccc2)cc1.Cl. The summed E-state index contributed by atoms with van der Waals surface area (Å²) in [6.07, 6.45) is 0.900. The molecule has 0 unspecified atom stereocenters. The predicted molar refractivity (Wildman–Crippen MR) is 140 cm³/mol. The Morgan fingerprint density at radius 2 is 1.51 bits per heavy atom. The van der Waals surface area contributed by atoms with Gasteiger partial charge in [0.05, 0.1) is 24.2 Å². The van der Waals surface area contributed by atoms with E-state index >= 15 is 0 Å². The van der Waals surface area contributed by atoms with Gasteiger partial charge in [0, 0.05) is 23.2 Å². The summed E-state index contributed by atoms with van der Waals surface area (Å²) in [5.41, 5.74) is 10.9. The van der Waals surface area contributed by atoms with E-state index < -0.39 is 0 Å². The molecule has 3 N–H and O–H groups in total. The highest BCUT2D eigenvalue weighted by molar-refractivity contribution is 5.95. The molecule has 1 aromatic heterocycles. The lowest BCUT2D eigenvalue weighted by Gasteiger charge is -2.10. The summed E-state index contributed by atoms with van der Waals surface area (Å²) in [5.74, 6) is -0.267. The van der Waals surface area contributed by atoms with E-state index in [1.807, 2.05) is 61.5 Å². The third-order valence-corrected chi connectivity index (χ3v) is 5.81. The van der Waals surface area contributed by atoms with Gasteiger partial charge in [0.2, 0.25) is 0 Å². The number of aromatic nitrogens is 2. The molecule has 0 aliphatic carbocycles. The predicted octanol–water partition coefficient (Wildman–Crippen LogP) is 4.42. The quantitative estimate of drug-likeness (QED) is 0.227. The molecule has 4 aromatic rings. The molecular weight excluding hydrogens is 464 g/mol. The molecule has 0 saturated heterocycles. The van der Waals surface area contributed by atoms with Crippen molar-refractivity contribution in [1.29, 1.82) is 5.41 Å². The fraction of sp³-hybridized carbons (Fsp3) is 0.148. The molecule has 0 bridgehead atoms. The van der Waals surface area contributed by atoms with Gasteiger partial charge >= 0.3 is 11.7 Å². The van der Waals surface area contributed by atoms with Crippen LogP contribution in [-0.2, 0) is 16.0 Å². The summed E-state index contributed by atoms with van der Waals surface area (Å²) < 4.78 is 8.10. The molecule has 180 valence electrons. The van der Waals surface area contributed by atoms with Gasteiger partial charge < -0.3 is 10.5 Å². The second kappa shape index (κ2) is 10.9. The van der Waals surface area contributed by atoms with Crippen molar-refractivity contribution in [2.75, 3.05) is 7.11 Å². The first kappa shape index (κ1) is 25.5. The number of nitrogen functional groups attached to an aromatic ring is 1. The second-order valence-electron chi connectivity index (χ2n) is 7.96. The van der Waals surface area contributed by atoms with E-state index in [2.05, 4.69) is 0 Å². The zero-order valence-corrected chi connectivity index (χ0v) is 20.3. The van der Waals surface area contributed by atoms with Crippen molar-refractivity contribution in [3.63, 3.8) is 0 Å². The van der Waals surface area contributed by atoms with E-state index in [0.717, 1.165) is 28.2 Å². The molecule has 1 heterocycles. The molecule has 0 saturated carbocycles. The first-order chi connectivity index (χ1) is 16.4. The maximum absolute atomic E-state index is 13.7. The van der Waals surface area contributed by atoms with Crippen LogP contribution in [0.3, 0.4) is 0 Å². The van der Waals surface area contributed by atoms with Crippen LogP contribution in [0.25, 0.3) is 22.6 Å². The van der Waals surface area contributed by atoms with Crippen molar-refractivity contribution in [3.8, 4) is 22.6 Å². The average Bonchev–Trinajstić information content (AvgIpc) is 3.13. The molecule has 8 heteroatoms. The molecule has 4 rings (SSSR count). The van der Waals surface area contributed by atoms with Gasteiger partial charge in [-0.2, -0.15) is 0 Å². The molecule has 0 aliphatic heterocycles. The standard InChI is InChI=1S/C27H26N4O3.ClH/c1-18-25(20-11-8-19(9-12-20)10-17-24(32)34-2)31(22-6-4-3-5-7-22)27(33)30(18)23-15-13-21(14-16-23)26(28)29;/h3-9,11-16H,10,17H2,1-2H3,(H3,28,29);1H. The summed E-state index contributed by atoms with van der Waals surface area (Å²) in [5, 5.41) is 7.62. The van der Waals surface area contributed by atoms with E-state index in [1.54, 1.807) is 33.4 Å². The van der Waals surface area contributed by atoms with Crippen molar-refractivity contribution in [2.24, 2.45) is 5.73 Å². The van der Waals surface area contributed by atoms with Gasteiger partial charge in [-0.3, -0.25) is 19.3 Å². The molecule has 7 nitrogen and oxygen atoms in total. The Morgan fingerprint density at radius 1 is 0.914 bits per heavy atom. The number of ether oxygens (including phenoxy) is 1. The van der Waals surface area contributed by atoms with E-state index in [0.29, 0.717) is 24.1 Å². The number of imidazole rings is 1. The fourth-order valence-electron chi connectivity index (χ4n) is 4.03. The Bertz CT molecular complexity index is 1390. The highest BCUT2D eigenvalue weighted by Gasteiger charge is 2.21. The van der Waals surface area contributed by atoms with E-state index in [9.17, 15) is 9.59 Å². The lowest BCUT2D eigenvalue weighted by Crippen LogP contribution is -2.23. The Labute approximate surface area is 209 Å². The normalized spacial score (nSPS) is 10.5. The number of aryl methyl sites for hydroxylation is 1. The van der Waals surface area contributed by atoms with Crippen LogP contribution in [0.5, 0.6) is 0 Å². The van der Waals surface area contributed by atoms with Gasteiger partial charge in [-0.15, -0.1) is 12.4 Å². The number of methoxy groups -OCH3 is 1. The van der Waals surface area contributed by atoms with Gasteiger partial charge in [0.25, 0.3) is 0 Å². The number of carbonyl (C=O) groups excluding carboxylic acids is 1. The van der Waals surface area contributed by atoms with Gasteiger partial charge in [0.1, 0.15) is 5.84 Å². The Kier molecular flexibility index (Phi) is 7.94. The molecule has 3 aromatic carbocycles. The van der Waals surface area contributed by atoms with Crippen molar-refractivity contribution in [3.05, 3.63) is 106 Å². The van der Waals surface area contributed by atoms with Crippen molar-refractivity contribution in [2.45, 2.75) is 19.8 Å². The number of rotatable bonds is 7. The van der Waals surface area contributed by atoms with Crippen LogP contribution < -0.4 is 11.4 Å². The highest BCUT2D eigenvalue weighted by atomic mass is 35.5. The maximum atomic E-state index is 13.7. The molecule has 0 radical (unpaired) electrons. The van der Waals surface area contributed by atoms with Gasteiger partial charge in [0.15, 0.2) is 0 Å². The number of carbonyl (C=O) groups is 1. The minimum absolute atomic E-state index is 0. The number of nitrogens with one attached hydrogen (secondary N) is 1. The Hall–Kier alpha value is -4.10. The summed E-state index contributed by atoms with van der Waals surface area (Å²) >= 11 is 0.